The summed E-state index contributed by atoms with van der Waals surface area (Å²) in [4.78, 5) is -0.362. The lowest BCUT2D eigenvalue weighted by Gasteiger charge is -2.10. The first kappa shape index (κ1) is 17.7. The van der Waals surface area contributed by atoms with Crippen LogP contribution in [0.2, 0.25) is 0 Å². The van der Waals surface area contributed by atoms with Crippen molar-refractivity contribution in [2.24, 2.45) is 5.14 Å². The standard InChI is InChI=1S/C14H9BrF3N3O3S/c15-13-6-5-10(24-13)9-7-12(14(16,17)18)20-21(9)8-3-1-2-4-11(8)25(19,22)23/h1-7H,(H2,19,22,23). The van der Waals surface area contributed by atoms with Gasteiger partial charge >= 0.3 is 6.18 Å². The van der Waals surface area contributed by atoms with Crippen molar-refractivity contribution in [1.82, 2.24) is 9.78 Å². The van der Waals surface area contributed by atoms with Crippen LogP contribution in [-0.4, -0.2) is 18.2 Å². The molecule has 0 saturated heterocycles. The van der Waals surface area contributed by atoms with E-state index in [4.69, 9.17) is 9.56 Å². The highest BCUT2D eigenvalue weighted by Crippen LogP contribution is 2.35. The number of rotatable bonds is 3. The van der Waals surface area contributed by atoms with E-state index >= 15 is 0 Å². The number of alkyl halides is 3. The van der Waals surface area contributed by atoms with E-state index in [1.54, 1.807) is 0 Å². The van der Waals surface area contributed by atoms with Crippen molar-refractivity contribution in [3.8, 4) is 17.1 Å². The van der Waals surface area contributed by atoms with Gasteiger partial charge in [-0.25, -0.2) is 18.2 Å². The zero-order valence-corrected chi connectivity index (χ0v) is 14.6. The lowest BCUT2D eigenvalue weighted by atomic mass is 10.2. The molecule has 3 aromatic rings. The largest absolute Gasteiger partial charge is 0.448 e. The Kier molecular flexibility index (Phi) is 4.25. The van der Waals surface area contributed by atoms with Crippen molar-refractivity contribution in [3.63, 3.8) is 0 Å². The summed E-state index contributed by atoms with van der Waals surface area (Å²) in [6, 6.07) is 9.03. The number of nitrogens with two attached hydrogens (primary N) is 1. The minimum absolute atomic E-state index is 0.0686. The maximum absolute atomic E-state index is 13.1. The van der Waals surface area contributed by atoms with E-state index in [1.807, 2.05) is 0 Å². The number of furan rings is 1. The van der Waals surface area contributed by atoms with Crippen molar-refractivity contribution in [2.45, 2.75) is 11.1 Å². The molecule has 0 aliphatic rings. The molecule has 1 aromatic carbocycles. The van der Waals surface area contributed by atoms with Gasteiger partial charge in [-0.05, 0) is 40.2 Å². The normalized spacial score (nSPS) is 12.5. The van der Waals surface area contributed by atoms with Crippen LogP contribution in [0.15, 0.2) is 56.4 Å². The van der Waals surface area contributed by atoms with Crippen LogP contribution in [0.3, 0.4) is 0 Å². The molecule has 0 saturated carbocycles. The Morgan fingerprint density at radius 2 is 1.84 bits per heavy atom. The zero-order chi connectivity index (χ0) is 18.4. The van der Waals surface area contributed by atoms with Gasteiger partial charge in [-0.1, -0.05) is 12.1 Å². The molecule has 2 aromatic heterocycles. The third kappa shape index (κ3) is 3.48. The maximum Gasteiger partial charge on any atom is 0.435 e. The molecule has 0 spiro atoms. The Balaban J connectivity index is 2.32. The second kappa shape index (κ2) is 6.00. The summed E-state index contributed by atoms with van der Waals surface area (Å²) >= 11 is 3.07. The van der Waals surface area contributed by atoms with Crippen molar-refractivity contribution >= 4 is 26.0 Å². The van der Waals surface area contributed by atoms with Crippen LogP contribution >= 0.6 is 15.9 Å². The fourth-order valence-corrected chi connectivity index (χ4v) is 3.22. The number of nitrogens with zero attached hydrogens (tertiary/aromatic N) is 2. The summed E-state index contributed by atoms with van der Waals surface area (Å²) in [5, 5.41) is 8.67. The smallest absolute Gasteiger partial charge is 0.435 e. The van der Waals surface area contributed by atoms with E-state index in [9.17, 15) is 21.6 Å². The van der Waals surface area contributed by atoms with Crippen molar-refractivity contribution in [2.75, 3.05) is 0 Å². The van der Waals surface area contributed by atoms with Crippen LogP contribution in [0.5, 0.6) is 0 Å². The van der Waals surface area contributed by atoms with Crippen LogP contribution < -0.4 is 5.14 Å². The molecule has 0 amide bonds. The number of para-hydroxylation sites is 1. The van der Waals surface area contributed by atoms with Gasteiger partial charge in [0.05, 0.1) is 5.69 Å². The van der Waals surface area contributed by atoms with Gasteiger partial charge < -0.3 is 4.42 Å². The molecular formula is C14H9BrF3N3O3S. The number of aromatic nitrogens is 2. The summed E-state index contributed by atoms with van der Waals surface area (Å²) in [6.07, 6.45) is -4.72. The molecule has 11 heteroatoms. The van der Waals surface area contributed by atoms with Gasteiger partial charge in [0.1, 0.15) is 10.6 Å². The Labute approximate surface area is 148 Å². The van der Waals surface area contributed by atoms with E-state index < -0.39 is 21.9 Å². The van der Waals surface area contributed by atoms with E-state index in [-0.39, 0.29) is 22.0 Å². The zero-order valence-electron chi connectivity index (χ0n) is 12.2. The SMILES string of the molecule is NS(=O)(=O)c1ccccc1-n1nc(C(F)(F)F)cc1-c1ccc(Br)o1. The van der Waals surface area contributed by atoms with Gasteiger partial charge in [-0.15, -0.1) is 0 Å². The van der Waals surface area contributed by atoms with Crippen molar-refractivity contribution in [3.05, 3.63) is 52.8 Å². The lowest BCUT2D eigenvalue weighted by molar-refractivity contribution is -0.141. The molecule has 0 aliphatic heterocycles. The van der Waals surface area contributed by atoms with Gasteiger partial charge in [0.15, 0.2) is 16.1 Å². The molecule has 2 N–H and O–H groups in total. The van der Waals surface area contributed by atoms with Crippen molar-refractivity contribution in [1.29, 1.82) is 0 Å². The highest BCUT2D eigenvalue weighted by Gasteiger charge is 2.36. The molecule has 3 rings (SSSR count). The first-order valence-corrected chi connectivity index (χ1v) is 8.96. The summed E-state index contributed by atoms with van der Waals surface area (Å²) in [6.45, 7) is 0. The number of sulfonamides is 1. The predicted molar refractivity (Wildman–Crippen MR) is 85.3 cm³/mol. The highest BCUT2D eigenvalue weighted by molar-refractivity contribution is 9.10. The molecule has 6 nitrogen and oxygen atoms in total. The number of primary sulfonamides is 1. The number of hydrogen-bond acceptors (Lipinski definition) is 4. The molecule has 132 valence electrons. The molecular weight excluding hydrogens is 427 g/mol. The minimum atomic E-state index is -4.72. The Bertz CT molecular complexity index is 1040. The molecule has 0 unspecified atom stereocenters. The van der Waals surface area contributed by atoms with Crippen LogP contribution in [0.4, 0.5) is 13.2 Å². The summed E-state index contributed by atoms with van der Waals surface area (Å²) in [5.41, 5.74) is -1.39. The number of benzene rings is 1. The van der Waals surface area contributed by atoms with Gasteiger partial charge in [-0.2, -0.15) is 18.3 Å². The number of hydrogen-bond donors (Lipinski definition) is 1. The third-order valence-electron chi connectivity index (χ3n) is 3.23. The fourth-order valence-electron chi connectivity index (χ4n) is 2.20. The topological polar surface area (TPSA) is 91.1 Å². The second-order valence-corrected chi connectivity index (χ2v) is 7.25. The molecule has 25 heavy (non-hydrogen) atoms. The molecule has 0 bridgehead atoms. The summed E-state index contributed by atoms with van der Waals surface area (Å²) < 4.78 is 69.2. The first-order chi connectivity index (χ1) is 11.6. The highest BCUT2D eigenvalue weighted by atomic mass is 79.9. The number of halogens is 4. The van der Waals surface area contributed by atoms with Crippen LogP contribution in [0.1, 0.15) is 5.69 Å². The minimum Gasteiger partial charge on any atom is -0.448 e. The summed E-state index contributed by atoms with van der Waals surface area (Å²) in [7, 11) is -4.18. The first-order valence-electron chi connectivity index (χ1n) is 6.62. The van der Waals surface area contributed by atoms with E-state index in [2.05, 4.69) is 21.0 Å². The van der Waals surface area contributed by atoms with Gasteiger partial charge in [0, 0.05) is 6.07 Å². The second-order valence-electron chi connectivity index (χ2n) is 4.94. The van der Waals surface area contributed by atoms with Crippen molar-refractivity contribution < 1.29 is 26.0 Å². The van der Waals surface area contributed by atoms with Crippen LogP contribution in [0, 0.1) is 0 Å². The Hall–Kier alpha value is -2.11. The third-order valence-corrected chi connectivity index (χ3v) is 4.61. The quantitative estimate of drug-likeness (QED) is 0.680. The predicted octanol–water partition coefficient (Wildman–Crippen LogP) is 3.56. The molecule has 0 fully saturated rings. The van der Waals surface area contributed by atoms with E-state index in [0.717, 1.165) is 10.7 Å². The average molecular weight is 436 g/mol. The van der Waals surface area contributed by atoms with E-state index in [0.29, 0.717) is 4.67 Å². The summed E-state index contributed by atoms with van der Waals surface area (Å²) in [5.74, 6) is 0.0686. The van der Waals surface area contributed by atoms with Gasteiger partial charge in [0.25, 0.3) is 0 Å². The van der Waals surface area contributed by atoms with Crippen LogP contribution in [-0.2, 0) is 16.2 Å². The average Bonchev–Trinajstić information content (AvgIpc) is 3.11. The Morgan fingerprint density at radius 3 is 2.40 bits per heavy atom. The molecule has 0 radical (unpaired) electrons. The van der Waals surface area contributed by atoms with Crippen LogP contribution in [0.25, 0.3) is 17.1 Å². The van der Waals surface area contributed by atoms with E-state index in [1.165, 1.54) is 36.4 Å². The maximum atomic E-state index is 13.1. The lowest BCUT2D eigenvalue weighted by Crippen LogP contribution is -2.16. The molecule has 0 aliphatic carbocycles. The van der Waals surface area contributed by atoms with Gasteiger partial charge in [-0.3, -0.25) is 0 Å². The molecule has 0 atom stereocenters. The monoisotopic (exact) mass is 435 g/mol. The Morgan fingerprint density at radius 1 is 1.16 bits per heavy atom. The molecule has 2 heterocycles. The fraction of sp³-hybridized carbons (Fsp3) is 0.0714. The van der Waals surface area contributed by atoms with Gasteiger partial charge in [0.2, 0.25) is 10.0 Å².